The second kappa shape index (κ2) is 8.74. The van der Waals surface area contributed by atoms with Crippen LogP contribution in [0.3, 0.4) is 0 Å². The van der Waals surface area contributed by atoms with E-state index in [2.05, 4.69) is 9.82 Å². The van der Waals surface area contributed by atoms with Gasteiger partial charge in [-0.15, -0.1) is 11.3 Å². The van der Waals surface area contributed by atoms with Crippen molar-refractivity contribution in [1.29, 1.82) is 0 Å². The Morgan fingerprint density at radius 3 is 2.48 bits per heavy atom. The van der Waals surface area contributed by atoms with Crippen LogP contribution in [0.15, 0.2) is 70.9 Å². The zero-order valence-electron chi connectivity index (χ0n) is 16.9. The second-order valence-electron chi connectivity index (χ2n) is 6.93. The number of rotatable bonds is 7. The van der Waals surface area contributed by atoms with Crippen molar-refractivity contribution in [2.24, 2.45) is 0 Å². The van der Waals surface area contributed by atoms with Crippen molar-refractivity contribution in [2.45, 2.75) is 24.6 Å². The van der Waals surface area contributed by atoms with Crippen LogP contribution in [0, 0.1) is 13.8 Å². The van der Waals surface area contributed by atoms with Crippen molar-refractivity contribution in [3.05, 3.63) is 88.0 Å². The van der Waals surface area contributed by atoms with E-state index in [1.807, 2.05) is 61.5 Å². The van der Waals surface area contributed by atoms with Gasteiger partial charge in [-0.2, -0.15) is 5.10 Å². The van der Waals surface area contributed by atoms with Crippen molar-refractivity contribution in [3.63, 3.8) is 0 Å². The molecule has 160 valence electrons. The molecule has 0 bridgehead atoms. The van der Waals surface area contributed by atoms with Gasteiger partial charge in [-0.3, -0.25) is 9.40 Å². The Balaban J connectivity index is 1.55. The SMILES string of the molecule is Cc1nn(Cc2cccc(Oc3ccccc3)c2)c(C)c1NS(=O)(=O)c1ccc(Cl)s1. The van der Waals surface area contributed by atoms with Crippen molar-refractivity contribution in [3.8, 4) is 11.5 Å². The molecule has 31 heavy (non-hydrogen) atoms. The largest absolute Gasteiger partial charge is 0.457 e. The Morgan fingerprint density at radius 2 is 1.77 bits per heavy atom. The molecule has 0 amide bonds. The van der Waals surface area contributed by atoms with E-state index in [0.29, 0.717) is 22.3 Å². The predicted molar refractivity (Wildman–Crippen MR) is 124 cm³/mol. The molecule has 2 aromatic heterocycles. The minimum Gasteiger partial charge on any atom is -0.457 e. The summed E-state index contributed by atoms with van der Waals surface area (Å²) in [6.07, 6.45) is 0. The molecule has 0 aliphatic heterocycles. The van der Waals surface area contributed by atoms with Gasteiger partial charge in [-0.05, 0) is 55.8 Å². The molecule has 0 aliphatic rings. The van der Waals surface area contributed by atoms with Crippen molar-refractivity contribution in [2.75, 3.05) is 4.72 Å². The summed E-state index contributed by atoms with van der Waals surface area (Å²) < 4.78 is 36.3. The molecule has 0 saturated carbocycles. The summed E-state index contributed by atoms with van der Waals surface area (Å²) in [6, 6.07) is 20.4. The first kappa shape index (κ1) is 21.4. The molecular formula is C22H20ClN3O3S2. The zero-order valence-corrected chi connectivity index (χ0v) is 19.3. The van der Waals surface area contributed by atoms with Crippen LogP contribution in [0.25, 0.3) is 0 Å². The standard InChI is InChI=1S/C22H20ClN3O3S2/c1-15-22(25-31(27,28)21-12-11-20(23)30-21)16(2)26(24-15)14-17-7-6-10-19(13-17)29-18-8-4-3-5-9-18/h3-13,25H,14H2,1-2H3. The van der Waals surface area contributed by atoms with E-state index in [9.17, 15) is 8.42 Å². The van der Waals surface area contributed by atoms with Crippen molar-refractivity contribution < 1.29 is 13.2 Å². The molecule has 6 nitrogen and oxygen atoms in total. The van der Waals surface area contributed by atoms with Crippen molar-refractivity contribution >= 4 is 38.6 Å². The number of nitrogens with one attached hydrogen (secondary N) is 1. The second-order valence-corrected chi connectivity index (χ2v) is 10.6. The van der Waals surface area contributed by atoms with Crippen LogP contribution in [0.4, 0.5) is 5.69 Å². The number of anilines is 1. The number of aromatic nitrogens is 2. The summed E-state index contributed by atoms with van der Waals surface area (Å²) in [5.41, 5.74) is 2.78. The first-order valence-corrected chi connectivity index (χ1v) is 12.1. The van der Waals surface area contributed by atoms with E-state index in [0.717, 1.165) is 34.1 Å². The fraction of sp³-hybridized carbons (Fsp3) is 0.136. The monoisotopic (exact) mass is 473 g/mol. The Morgan fingerprint density at radius 1 is 1.03 bits per heavy atom. The summed E-state index contributed by atoms with van der Waals surface area (Å²) in [5.74, 6) is 1.48. The molecule has 4 aromatic rings. The summed E-state index contributed by atoms with van der Waals surface area (Å²) in [6.45, 7) is 4.09. The average Bonchev–Trinajstić information content (AvgIpc) is 3.29. The smallest absolute Gasteiger partial charge is 0.271 e. The molecule has 0 unspecified atom stereocenters. The molecule has 0 fully saturated rings. The fourth-order valence-corrected chi connectivity index (χ4v) is 5.79. The molecule has 0 radical (unpaired) electrons. The maximum Gasteiger partial charge on any atom is 0.271 e. The molecule has 4 rings (SSSR count). The molecule has 0 spiro atoms. The van der Waals surface area contributed by atoms with Crippen LogP contribution in [0.1, 0.15) is 17.0 Å². The minimum atomic E-state index is -3.73. The highest BCUT2D eigenvalue weighted by atomic mass is 35.5. The number of para-hydroxylation sites is 1. The van der Waals surface area contributed by atoms with Crippen LogP contribution >= 0.6 is 22.9 Å². The Hall–Kier alpha value is -2.81. The summed E-state index contributed by atoms with van der Waals surface area (Å²) >= 11 is 6.90. The number of hydrogen-bond donors (Lipinski definition) is 1. The molecule has 2 heterocycles. The quantitative estimate of drug-likeness (QED) is 0.365. The van der Waals surface area contributed by atoms with E-state index in [1.165, 1.54) is 6.07 Å². The van der Waals surface area contributed by atoms with E-state index in [-0.39, 0.29) is 4.21 Å². The van der Waals surface area contributed by atoms with Crippen LogP contribution in [-0.4, -0.2) is 18.2 Å². The van der Waals surface area contributed by atoms with Crippen LogP contribution < -0.4 is 9.46 Å². The molecular weight excluding hydrogens is 454 g/mol. The number of thiophene rings is 1. The maximum absolute atomic E-state index is 12.7. The highest BCUT2D eigenvalue weighted by Crippen LogP contribution is 2.30. The Kier molecular flexibility index (Phi) is 6.04. The normalized spacial score (nSPS) is 11.5. The van der Waals surface area contributed by atoms with Gasteiger partial charge in [0.2, 0.25) is 0 Å². The average molecular weight is 474 g/mol. The molecule has 0 aliphatic carbocycles. The van der Waals surface area contributed by atoms with E-state index in [4.69, 9.17) is 16.3 Å². The number of ether oxygens (including phenoxy) is 1. The lowest BCUT2D eigenvalue weighted by Crippen LogP contribution is -2.13. The van der Waals surface area contributed by atoms with Gasteiger partial charge in [0, 0.05) is 0 Å². The maximum atomic E-state index is 12.7. The van der Waals surface area contributed by atoms with Crippen LogP contribution in [-0.2, 0) is 16.6 Å². The van der Waals surface area contributed by atoms with Gasteiger partial charge in [0.1, 0.15) is 15.7 Å². The van der Waals surface area contributed by atoms with E-state index >= 15 is 0 Å². The molecule has 1 N–H and O–H groups in total. The Labute approximate surface area is 190 Å². The Bertz CT molecular complexity index is 1320. The van der Waals surface area contributed by atoms with Gasteiger partial charge in [0.15, 0.2) is 0 Å². The third kappa shape index (κ3) is 4.92. The van der Waals surface area contributed by atoms with Gasteiger partial charge in [0.25, 0.3) is 10.0 Å². The van der Waals surface area contributed by atoms with Gasteiger partial charge < -0.3 is 4.74 Å². The zero-order chi connectivity index (χ0) is 22.0. The van der Waals surface area contributed by atoms with E-state index in [1.54, 1.807) is 17.7 Å². The highest BCUT2D eigenvalue weighted by molar-refractivity contribution is 7.94. The van der Waals surface area contributed by atoms with Gasteiger partial charge >= 0.3 is 0 Å². The van der Waals surface area contributed by atoms with Crippen molar-refractivity contribution in [1.82, 2.24) is 9.78 Å². The summed E-state index contributed by atoms with van der Waals surface area (Å²) in [5, 5.41) is 4.53. The third-order valence-electron chi connectivity index (χ3n) is 4.64. The fourth-order valence-electron chi connectivity index (χ4n) is 3.13. The minimum absolute atomic E-state index is 0.162. The molecule has 0 saturated heterocycles. The summed E-state index contributed by atoms with van der Waals surface area (Å²) in [4.78, 5) is 0. The van der Waals surface area contributed by atoms with Gasteiger partial charge in [0.05, 0.1) is 28.0 Å². The van der Waals surface area contributed by atoms with Crippen LogP contribution in [0.5, 0.6) is 11.5 Å². The lowest BCUT2D eigenvalue weighted by atomic mass is 10.2. The number of aryl methyl sites for hydroxylation is 1. The first-order valence-electron chi connectivity index (χ1n) is 9.46. The number of nitrogens with zero attached hydrogens (tertiary/aromatic N) is 2. The third-order valence-corrected chi connectivity index (χ3v) is 7.71. The number of sulfonamides is 1. The predicted octanol–water partition coefficient (Wildman–Crippen LogP) is 5.86. The lowest BCUT2D eigenvalue weighted by molar-refractivity contribution is 0.481. The van der Waals surface area contributed by atoms with E-state index < -0.39 is 10.0 Å². The topological polar surface area (TPSA) is 73.2 Å². The number of benzene rings is 2. The first-order chi connectivity index (χ1) is 14.8. The highest BCUT2D eigenvalue weighted by Gasteiger charge is 2.21. The van der Waals surface area contributed by atoms with Crippen LogP contribution in [0.2, 0.25) is 4.34 Å². The number of halogens is 1. The lowest BCUT2D eigenvalue weighted by Gasteiger charge is -2.10. The summed E-state index contributed by atoms with van der Waals surface area (Å²) in [7, 11) is -3.73. The van der Waals surface area contributed by atoms with Gasteiger partial charge in [-0.1, -0.05) is 41.9 Å². The molecule has 2 aromatic carbocycles. The molecule has 9 heteroatoms. The number of hydrogen-bond acceptors (Lipinski definition) is 5. The molecule has 0 atom stereocenters. The van der Waals surface area contributed by atoms with Gasteiger partial charge in [-0.25, -0.2) is 8.42 Å².